The van der Waals surface area contributed by atoms with Gasteiger partial charge in [-0.05, 0) is 36.8 Å². The fraction of sp³-hybridized carbons (Fsp3) is 0.294. The third-order valence-electron chi connectivity index (χ3n) is 3.25. The zero-order chi connectivity index (χ0) is 15.0. The van der Waals surface area contributed by atoms with Gasteiger partial charge in [-0.2, -0.15) is 10.2 Å². The van der Waals surface area contributed by atoms with Crippen molar-refractivity contribution >= 4 is 15.9 Å². The van der Waals surface area contributed by atoms with Gasteiger partial charge in [0.05, 0.1) is 6.61 Å². The van der Waals surface area contributed by atoms with E-state index < -0.39 is 0 Å². The van der Waals surface area contributed by atoms with Gasteiger partial charge in [0.15, 0.2) is 0 Å². The summed E-state index contributed by atoms with van der Waals surface area (Å²) in [4.78, 5) is 0. The predicted octanol–water partition coefficient (Wildman–Crippen LogP) is 4.91. The van der Waals surface area contributed by atoms with Crippen molar-refractivity contribution in [2.24, 2.45) is 10.2 Å². The van der Waals surface area contributed by atoms with Gasteiger partial charge in [-0.15, -0.1) is 12.3 Å². The monoisotopic (exact) mass is 344 g/mol. The molecule has 0 spiro atoms. The number of rotatable bonds is 6. The number of ether oxygens (including phenoxy) is 1. The van der Waals surface area contributed by atoms with Crippen molar-refractivity contribution in [2.45, 2.75) is 24.8 Å². The highest BCUT2D eigenvalue weighted by Gasteiger charge is 2.26. The molecule has 0 N–H and O–H groups in total. The molecule has 1 atom stereocenters. The summed E-state index contributed by atoms with van der Waals surface area (Å²) in [6.07, 6.45) is 15.1. The molecule has 108 valence electrons. The molecule has 0 fully saturated rings. The maximum Gasteiger partial charge on any atom is 0.119 e. The summed E-state index contributed by atoms with van der Waals surface area (Å²) in [6.45, 7) is 0.565. The number of allylic oxidation sites excluding steroid dienone is 2. The van der Waals surface area contributed by atoms with E-state index >= 15 is 0 Å². The first kappa shape index (κ1) is 15.5. The molecule has 0 saturated heterocycles. The van der Waals surface area contributed by atoms with Crippen LogP contribution in [0.15, 0.2) is 63.4 Å². The van der Waals surface area contributed by atoms with Crippen molar-refractivity contribution in [2.75, 3.05) is 6.61 Å². The molecule has 0 bridgehead atoms. The SMILES string of the molecule is C#CCCC1(CCOc2ccc(Br)cc2)C=CC=CN=N1. The molecular formula is C17H17BrN2O. The Hall–Kier alpha value is -1.86. The van der Waals surface area contributed by atoms with Gasteiger partial charge < -0.3 is 4.74 Å². The quantitative estimate of drug-likeness (QED) is 0.675. The Morgan fingerprint density at radius 2 is 2.00 bits per heavy atom. The molecule has 1 aromatic carbocycles. The third-order valence-corrected chi connectivity index (χ3v) is 3.78. The molecule has 0 aromatic heterocycles. The molecule has 21 heavy (non-hydrogen) atoms. The fourth-order valence-electron chi connectivity index (χ4n) is 2.06. The summed E-state index contributed by atoms with van der Waals surface area (Å²) in [5, 5.41) is 8.47. The van der Waals surface area contributed by atoms with Crippen LogP contribution in [0.5, 0.6) is 5.75 Å². The Labute approximate surface area is 133 Å². The molecule has 0 radical (unpaired) electrons. The van der Waals surface area contributed by atoms with Gasteiger partial charge in [0.25, 0.3) is 0 Å². The number of nitrogens with zero attached hydrogens (tertiary/aromatic N) is 2. The van der Waals surface area contributed by atoms with E-state index in [1.54, 1.807) is 6.20 Å². The average molecular weight is 345 g/mol. The van der Waals surface area contributed by atoms with Crippen molar-refractivity contribution in [3.8, 4) is 18.1 Å². The van der Waals surface area contributed by atoms with Gasteiger partial charge >= 0.3 is 0 Å². The zero-order valence-electron chi connectivity index (χ0n) is 11.7. The van der Waals surface area contributed by atoms with Gasteiger partial charge in [-0.25, -0.2) is 0 Å². The smallest absolute Gasteiger partial charge is 0.119 e. The number of azo groups is 1. The van der Waals surface area contributed by atoms with Gasteiger partial charge in [0.1, 0.15) is 11.3 Å². The Morgan fingerprint density at radius 3 is 2.76 bits per heavy atom. The molecule has 2 rings (SSSR count). The minimum Gasteiger partial charge on any atom is -0.493 e. The second kappa shape index (κ2) is 7.80. The lowest BCUT2D eigenvalue weighted by Crippen LogP contribution is -2.26. The van der Waals surface area contributed by atoms with Crippen LogP contribution >= 0.6 is 15.9 Å². The first-order chi connectivity index (χ1) is 10.2. The lowest BCUT2D eigenvalue weighted by Gasteiger charge is -2.23. The molecular weight excluding hydrogens is 328 g/mol. The van der Waals surface area contributed by atoms with E-state index in [9.17, 15) is 0 Å². The molecule has 1 unspecified atom stereocenters. The highest BCUT2D eigenvalue weighted by Crippen LogP contribution is 2.27. The molecule has 0 aliphatic carbocycles. The minimum atomic E-state index is -0.370. The second-order valence-corrected chi connectivity index (χ2v) is 5.69. The molecule has 4 heteroatoms. The van der Waals surface area contributed by atoms with Crippen LogP contribution in [0.4, 0.5) is 0 Å². The van der Waals surface area contributed by atoms with Gasteiger partial charge in [0.2, 0.25) is 0 Å². The van der Waals surface area contributed by atoms with Gasteiger partial charge in [0, 0.05) is 23.5 Å². The number of benzene rings is 1. The van der Waals surface area contributed by atoms with E-state index in [1.807, 2.05) is 36.4 Å². The average Bonchev–Trinajstić information content (AvgIpc) is 2.74. The maximum absolute atomic E-state index is 5.78. The highest BCUT2D eigenvalue weighted by atomic mass is 79.9. The van der Waals surface area contributed by atoms with E-state index in [4.69, 9.17) is 11.2 Å². The van der Waals surface area contributed by atoms with Crippen LogP contribution in [-0.4, -0.2) is 12.1 Å². The lowest BCUT2D eigenvalue weighted by atomic mass is 9.90. The van der Waals surface area contributed by atoms with E-state index in [2.05, 4.69) is 38.2 Å². The largest absolute Gasteiger partial charge is 0.493 e. The van der Waals surface area contributed by atoms with E-state index in [0.29, 0.717) is 13.0 Å². The van der Waals surface area contributed by atoms with Crippen LogP contribution in [0, 0.1) is 12.3 Å². The Balaban J connectivity index is 1.96. The normalized spacial score (nSPS) is 20.0. The molecule has 0 amide bonds. The van der Waals surface area contributed by atoms with Crippen molar-refractivity contribution in [1.82, 2.24) is 0 Å². The first-order valence-electron chi connectivity index (χ1n) is 6.82. The van der Waals surface area contributed by atoms with Crippen molar-refractivity contribution < 1.29 is 4.74 Å². The number of halogens is 1. The number of hydrogen-bond acceptors (Lipinski definition) is 3. The summed E-state index contributed by atoms with van der Waals surface area (Å²) in [5.41, 5.74) is -0.370. The van der Waals surface area contributed by atoms with Gasteiger partial charge in [-0.3, -0.25) is 0 Å². The van der Waals surface area contributed by atoms with Gasteiger partial charge in [-0.1, -0.05) is 28.1 Å². The molecule has 0 saturated carbocycles. The molecule has 3 nitrogen and oxygen atoms in total. The summed E-state index contributed by atoms with van der Waals surface area (Å²) in [5.74, 6) is 3.52. The Kier molecular flexibility index (Phi) is 5.77. The van der Waals surface area contributed by atoms with Crippen LogP contribution in [0.3, 0.4) is 0 Å². The summed E-state index contributed by atoms with van der Waals surface area (Å²) in [6, 6.07) is 7.78. The van der Waals surface area contributed by atoms with Crippen LogP contribution < -0.4 is 4.74 Å². The number of hydrogen-bond donors (Lipinski definition) is 0. The van der Waals surface area contributed by atoms with Crippen LogP contribution in [-0.2, 0) is 0 Å². The summed E-state index contributed by atoms with van der Waals surface area (Å²) >= 11 is 3.40. The first-order valence-corrected chi connectivity index (χ1v) is 7.62. The Bertz CT molecular complexity index is 566. The Morgan fingerprint density at radius 1 is 1.19 bits per heavy atom. The maximum atomic E-state index is 5.78. The fourth-order valence-corrected chi connectivity index (χ4v) is 2.33. The van der Waals surface area contributed by atoms with E-state index in [0.717, 1.165) is 23.1 Å². The topological polar surface area (TPSA) is 34.0 Å². The molecule has 1 aliphatic heterocycles. The highest BCUT2D eigenvalue weighted by molar-refractivity contribution is 9.10. The zero-order valence-corrected chi connectivity index (χ0v) is 13.3. The van der Waals surface area contributed by atoms with Crippen LogP contribution in [0.25, 0.3) is 0 Å². The predicted molar refractivity (Wildman–Crippen MR) is 88.2 cm³/mol. The van der Waals surface area contributed by atoms with Crippen molar-refractivity contribution in [1.29, 1.82) is 0 Å². The van der Waals surface area contributed by atoms with E-state index in [1.165, 1.54) is 0 Å². The second-order valence-electron chi connectivity index (χ2n) is 4.78. The van der Waals surface area contributed by atoms with E-state index in [-0.39, 0.29) is 5.54 Å². The number of terminal acetylenes is 1. The third kappa shape index (κ3) is 4.87. The summed E-state index contributed by atoms with van der Waals surface area (Å²) in [7, 11) is 0. The molecule has 1 aliphatic rings. The minimum absolute atomic E-state index is 0.370. The van der Waals surface area contributed by atoms with Crippen LogP contribution in [0.2, 0.25) is 0 Å². The molecule has 1 aromatic rings. The van der Waals surface area contributed by atoms with Crippen molar-refractivity contribution in [3.05, 3.63) is 53.2 Å². The van der Waals surface area contributed by atoms with Crippen molar-refractivity contribution in [3.63, 3.8) is 0 Å². The standard InChI is InChI=1S/C17H17BrN2O/c1-2-3-10-17(11-4-5-13-19-20-17)12-14-21-16-8-6-15(18)7-9-16/h1,4-9,11,13H,3,10,12,14H2. The van der Waals surface area contributed by atoms with Crippen LogP contribution in [0.1, 0.15) is 19.3 Å². The molecule has 1 heterocycles. The summed E-state index contributed by atoms with van der Waals surface area (Å²) < 4.78 is 6.82. The lowest BCUT2D eigenvalue weighted by molar-refractivity contribution is 0.270.